The average Bonchev–Trinajstić information content (AvgIpc) is 3.80. The van der Waals surface area contributed by atoms with Crippen LogP contribution < -0.4 is 0 Å². The molecule has 0 radical (unpaired) electrons. The molecule has 0 aliphatic rings. The van der Waals surface area contributed by atoms with Crippen molar-refractivity contribution in [2.75, 3.05) is 0 Å². The maximum atomic E-state index is 6.39. The molecule has 0 atom stereocenters. The Kier molecular flexibility index (Phi) is 5.96. The Morgan fingerprint density at radius 3 is 2.06 bits per heavy atom. The van der Waals surface area contributed by atoms with Gasteiger partial charge in [-0.3, -0.25) is 4.99 Å². The molecule has 230 valence electrons. The summed E-state index contributed by atoms with van der Waals surface area (Å²) in [6.45, 7) is 3.87. The van der Waals surface area contributed by atoms with E-state index >= 15 is 0 Å². The summed E-state index contributed by atoms with van der Waals surface area (Å²) >= 11 is 0. The lowest BCUT2D eigenvalue weighted by Gasteiger charge is -2.12. The predicted octanol–water partition coefficient (Wildman–Crippen LogP) is 11.4. The number of furan rings is 1. The zero-order valence-corrected chi connectivity index (χ0v) is 26.4. The zero-order chi connectivity index (χ0) is 32.5. The molecule has 0 saturated carbocycles. The van der Waals surface area contributed by atoms with E-state index in [0.29, 0.717) is 0 Å². The number of benzene rings is 7. The Hall–Kier alpha value is -6.72. The summed E-state index contributed by atoms with van der Waals surface area (Å²) in [4.78, 5) is 4.37. The van der Waals surface area contributed by atoms with Gasteiger partial charge in [0, 0.05) is 49.1 Å². The normalized spacial score (nSPS) is 12.3. The third-order valence-corrected chi connectivity index (χ3v) is 9.63. The van der Waals surface area contributed by atoms with Crippen LogP contribution in [0.4, 0.5) is 5.69 Å². The van der Waals surface area contributed by atoms with Crippen LogP contribution in [0.2, 0.25) is 0 Å². The fourth-order valence-electron chi connectivity index (χ4n) is 7.50. The third kappa shape index (κ3) is 4.06. The van der Waals surface area contributed by atoms with Crippen LogP contribution in [0, 0.1) is 0 Å². The molecular weight excluding hydrogens is 601 g/mol. The summed E-state index contributed by atoms with van der Waals surface area (Å²) < 4.78 is 10.9. The van der Waals surface area contributed by atoms with E-state index in [1.54, 1.807) is 0 Å². The van der Waals surface area contributed by atoms with Crippen molar-refractivity contribution in [1.82, 2.24) is 9.24 Å². The maximum absolute atomic E-state index is 6.39. The molecule has 10 rings (SSSR count). The predicted molar refractivity (Wildman–Crippen MR) is 204 cm³/mol. The first-order chi connectivity index (χ1) is 24.3. The van der Waals surface area contributed by atoms with Gasteiger partial charge in [0.25, 0.3) is 0 Å². The Labute approximate surface area is 281 Å². The van der Waals surface area contributed by atoms with Gasteiger partial charge in [0.05, 0.1) is 27.8 Å². The summed E-state index contributed by atoms with van der Waals surface area (Å²) in [5.74, 6) is 0. The van der Waals surface area contributed by atoms with Gasteiger partial charge in [-0.1, -0.05) is 103 Å². The van der Waals surface area contributed by atoms with E-state index in [2.05, 4.69) is 130 Å². The number of aliphatic imine (C=N–C) groups is 1. The van der Waals surface area contributed by atoms with E-state index in [9.17, 15) is 0 Å². The van der Waals surface area contributed by atoms with Crippen molar-refractivity contribution in [3.63, 3.8) is 0 Å². The Morgan fingerprint density at radius 2 is 1.22 bits per heavy atom. The molecular formula is C44H28N4O. The first-order valence-electron chi connectivity index (χ1n) is 16.4. The Bertz CT molecular complexity index is 2940. The van der Waals surface area contributed by atoms with Crippen LogP contribution in [0.1, 0.15) is 11.1 Å². The third-order valence-electron chi connectivity index (χ3n) is 9.63. The summed E-state index contributed by atoms with van der Waals surface area (Å²) in [5, 5.41) is 12.4. The highest BCUT2D eigenvalue weighted by molar-refractivity contribution is 6.29. The average molecular weight is 629 g/mol. The smallest absolute Gasteiger partial charge is 0.136 e. The second kappa shape index (κ2) is 10.7. The first kappa shape index (κ1) is 27.4. The zero-order valence-electron chi connectivity index (χ0n) is 26.4. The SMILES string of the molecule is C=Nc1ccccc1/C(=N\n1c2ccccc2c2cc3c4c5c(ccc4n(-c4ccccc4)c3cc21)oc1ccccc15)c1ccccc1. The first-order valence-corrected chi connectivity index (χ1v) is 16.4. The van der Waals surface area contributed by atoms with Gasteiger partial charge in [0.15, 0.2) is 0 Å². The van der Waals surface area contributed by atoms with E-state index in [0.717, 1.165) is 83.0 Å². The molecule has 10 aromatic rings. The van der Waals surface area contributed by atoms with Gasteiger partial charge < -0.3 is 8.98 Å². The summed E-state index contributed by atoms with van der Waals surface area (Å²) in [6, 6.07) is 54.7. The number of fused-ring (bicyclic) bond motifs is 10. The minimum atomic E-state index is 0.786. The van der Waals surface area contributed by atoms with Crippen molar-refractivity contribution in [3.05, 3.63) is 169 Å². The molecule has 7 aromatic carbocycles. The number of nitrogens with zero attached hydrogens (tertiary/aromatic N) is 4. The summed E-state index contributed by atoms with van der Waals surface area (Å²) in [5.41, 5.74) is 10.7. The highest BCUT2D eigenvalue weighted by Crippen LogP contribution is 2.43. The minimum absolute atomic E-state index is 0.786. The molecule has 3 aromatic heterocycles. The standard InChI is InChI=1S/C44H28N4O/c1-45-35-21-11-8-19-31(35)44(28-14-4-2-5-15-28)46-48-36-22-12-9-18-30(36)33-26-34-38(27-39(33)48)47(29-16-6-3-7-17-29)37-24-25-41-43(42(34)37)32-20-10-13-23-40(32)49-41/h2-27H,1H2/b46-44-. The van der Waals surface area contributed by atoms with Gasteiger partial charge in [-0.15, -0.1) is 0 Å². The number of aromatic nitrogens is 2. The molecule has 0 aliphatic carbocycles. The van der Waals surface area contributed by atoms with E-state index in [1.165, 1.54) is 10.8 Å². The van der Waals surface area contributed by atoms with Crippen LogP contribution >= 0.6 is 0 Å². The molecule has 0 spiro atoms. The highest BCUT2D eigenvalue weighted by Gasteiger charge is 2.22. The Morgan fingerprint density at radius 1 is 0.510 bits per heavy atom. The monoisotopic (exact) mass is 628 g/mol. The van der Waals surface area contributed by atoms with Crippen molar-refractivity contribution in [1.29, 1.82) is 0 Å². The van der Waals surface area contributed by atoms with Crippen molar-refractivity contribution < 1.29 is 4.42 Å². The van der Waals surface area contributed by atoms with E-state index in [1.807, 2.05) is 48.5 Å². The van der Waals surface area contributed by atoms with E-state index < -0.39 is 0 Å². The lowest BCUT2D eigenvalue weighted by Crippen LogP contribution is -2.07. The van der Waals surface area contributed by atoms with Gasteiger partial charge in [-0.05, 0) is 61.3 Å². The van der Waals surface area contributed by atoms with Crippen LogP contribution in [0.5, 0.6) is 0 Å². The molecule has 0 unspecified atom stereocenters. The van der Waals surface area contributed by atoms with Crippen molar-refractivity contribution in [2.45, 2.75) is 0 Å². The molecule has 3 heterocycles. The number of hydrogen-bond donors (Lipinski definition) is 0. The van der Waals surface area contributed by atoms with Gasteiger partial charge in [0.2, 0.25) is 0 Å². The largest absolute Gasteiger partial charge is 0.456 e. The fraction of sp³-hybridized carbons (Fsp3) is 0. The second-order valence-corrected chi connectivity index (χ2v) is 12.3. The van der Waals surface area contributed by atoms with Gasteiger partial charge in [0.1, 0.15) is 16.9 Å². The van der Waals surface area contributed by atoms with Crippen LogP contribution in [0.15, 0.2) is 172 Å². The van der Waals surface area contributed by atoms with Crippen LogP contribution in [0.25, 0.3) is 71.2 Å². The Balaban J connectivity index is 1.38. The number of hydrogen-bond acceptors (Lipinski definition) is 3. The maximum Gasteiger partial charge on any atom is 0.136 e. The summed E-state index contributed by atoms with van der Waals surface area (Å²) in [6.07, 6.45) is 0. The lowest BCUT2D eigenvalue weighted by molar-refractivity contribution is 0.669. The molecule has 0 aliphatic heterocycles. The van der Waals surface area contributed by atoms with Crippen molar-refractivity contribution >= 4 is 83.7 Å². The second-order valence-electron chi connectivity index (χ2n) is 12.3. The van der Waals surface area contributed by atoms with Crippen LogP contribution in [-0.2, 0) is 0 Å². The van der Waals surface area contributed by atoms with E-state index in [-0.39, 0.29) is 0 Å². The fourth-order valence-corrected chi connectivity index (χ4v) is 7.50. The number of para-hydroxylation sites is 4. The molecule has 5 nitrogen and oxygen atoms in total. The topological polar surface area (TPSA) is 47.7 Å². The quantitative estimate of drug-likeness (QED) is 0.175. The molecule has 0 N–H and O–H groups in total. The van der Waals surface area contributed by atoms with Crippen LogP contribution in [-0.4, -0.2) is 21.7 Å². The van der Waals surface area contributed by atoms with Crippen molar-refractivity contribution in [2.24, 2.45) is 10.1 Å². The molecule has 0 amide bonds. The molecule has 49 heavy (non-hydrogen) atoms. The van der Waals surface area contributed by atoms with Crippen molar-refractivity contribution in [3.8, 4) is 5.69 Å². The molecule has 0 saturated heterocycles. The lowest BCUT2D eigenvalue weighted by atomic mass is 10.0. The van der Waals surface area contributed by atoms with Gasteiger partial charge in [-0.25, -0.2) is 4.68 Å². The van der Waals surface area contributed by atoms with Gasteiger partial charge >= 0.3 is 0 Å². The van der Waals surface area contributed by atoms with Gasteiger partial charge in [-0.2, -0.15) is 5.10 Å². The molecule has 0 bridgehead atoms. The number of rotatable bonds is 5. The minimum Gasteiger partial charge on any atom is -0.456 e. The summed E-state index contributed by atoms with van der Waals surface area (Å²) in [7, 11) is 0. The van der Waals surface area contributed by atoms with Crippen LogP contribution in [0.3, 0.4) is 0 Å². The highest BCUT2D eigenvalue weighted by atomic mass is 16.3. The molecule has 0 fully saturated rings. The van der Waals surface area contributed by atoms with E-state index in [4.69, 9.17) is 9.52 Å². The molecule has 5 heteroatoms.